The van der Waals surface area contributed by atoms with Crippen molar-refractivity contribution in [3.8, 4) is 5.69 Å². The van der Waals surface area contributed by atoms with Crippen LogP contribution < -0.4 is 0 Å². The van der Waals surface area contributed by atoms with Gasteiger partial charge in [-0.15, -0.1) is 0 Å². The summed E-state index contributed by atoms with van der Waals surface area (Å²) in [5, 5.41) is 7.33. The number of hydrogen-bond acceptors (Lipinski definition) is 1. The van der Waals surface area contributed by atoms with Crippen molar-refractivity contribution in [2.24, 2.45) is 0 Å². The van der Waals surface area contributed by atoms with Gasteiger partial charge in [0.1, 0.15) is 0 Å². The van der Waals surface area contributed by atoms with Gasteiger partial charge in [0.25, 0.3) is 0 Å². The quantitative estimate of drug-likeness (QED) is 0.463. The molecule has 3 rings (SSSR count). The molecule has 136 valence electrons. The van der Waals surface area contributed by atoms with Crippen molar-refractivity contribution in [1.82, 2.24) is 19.3 Å². The zero-order chi connectivity index (χ0) is 17.8. The second-order valence-electron chi connectivity index (χ2n) is 6.59. The standard InChI is InChI=1S/C20H26N4.Pt/c1-16-14-19(22-21-16)10-6-5-9-13-23-15-24(18(3)17(23)2)20-11-7-4-8-12-20;/h4,7-8,11-12,14H,5-6,9-10,13H2,1-3H3,(H,21,22);. The number of benzene rings is 1. The van der Waals surface area contributed by atoms with E-state index >= 15 is 0 Å². The van der Waals surface area contributed by atoms with Crippen molar-refractivity contribution in [3.05, 3.63) is 63.0 Å². The molecule has 4 nitrogen and oxygen atoms in total. The SMILES string of the molecule is Cc1cc(CCCCCn2c(C)c(C)n(-c3ccccc3)[c]2=[Pt])n[nH]1. The fourth-order valence-electron chi connectivity index (χ4n) is 3.21. The normalized spacial score (nSPS) is 11.2. The fraction of sp³-hybridized carbons (Fsp3) is 0.400. The van der Waals surface area contributed by atoms with Crippen LogP contribution in [0.1, 0.15) is 42.0 Å². The molecule has 3 aromatic rings. The van der Waals surface area contributed by atoms with Gasteiger partial charge in [0.05, 0.1) is 0 Å². The Balaban J connectivity index is 1.62. The Morgan fingerprint density at radius 2 is 1.76 bits per heavy atom. The average molecular weight is 518 g/mol. The third-order valence-electron chi connectivity index (χ3n) is 4.73. The maximum absolute atomic E-state index is 4.31. The molecule has 0 atom stereocenters. The first kappa shape index (κ1) is 18.1. The van der Waals surface area contributed by atoms with Gasteiger partial charge in [0.15, 0.2) is 0 Å². The summed E-state index contributed by atoms with van der Waals surface area (Å²) in [4.78, 5) is 0. The van der Waals surface area contributed by atoms with Gasteiger partial charge in [-0.3, -0.25) is 0 Å². The van der Waals surface area contributed by atoms with Crippen LogP contribution in [0.4, 0.5) is 0 Å². The van der Waals surface area contributed by atoms with Gasteiger partial charge in [0, 0.05) is 0 Å². The van der Waals surface area contributed by atoms with Crippen LogP contribution in [0.5, 0.6) is 0 Å². The molecule has 25 heavy (non-hydrogen) atoms. The number of aromatic amines is 1. The zero-order valence-corrected chi connectivity index (χ0v) is 17.4. The van der Waals surface area contributed by atoms with Crippen LogP contribution in [0.2, 0.25) is 0 Å². The third kappa shape index (κ3) is 4.12. The van der Waals surface area contributed by atoms with Crippen molar-refractivity contribution in [2.45, 2.75) is 53.0 Å². The first-order valence-electron chi connectivity index (χ1n) is 8.88. The maximum atomic E-state index is 4.31. The van der Waals surface area contributed by atoms with Crippen molar-refractivity contribution in [2.75, 3.05) is 0 Å². The third-order valence-corrected chi connectivity index (χ3v) is 5.85. The molecular formula is C20H26N4Pt. The van der Waals surface area contributed by atoms with E-state index in [0.717, 1.165) is 18.7 Å². The van der Waals surface area contributed by atoms with Crippen molar-refractivity contribution >= 4 is 0 Å². The Bertz CT molecular complexity index is 886. The summed E-state index contributed by atoms with van der Waals surface area (Å²) in [5.74, 6) is 0. The van der Waals surface area contributed by atoms with Gasteiger partial charge in [0.2, 0.25) is 0 Å². The van der Waals surface area contributed by atoms with Crippen molar-refractivity contribution in [1.29, 1.82) is 0 Å². The molecule has 0 spiro atoms. The Labute approximate surface area is 160 Å². The number of rotatable bonds is 7. The molecule has 1 N–H and O–H groups in total. The van der Waals surface area contributed by atoms with Crippen LogP contribution in [0.3, 0.4) is 0 Å². The van der Waals surface area contributed by atoms with Crippen LogP contribution in [0.15, 0.2) is 36.4 Å². The van der Waals surface area contributed by atoms with Crippen LogP contribution in [0, 0.1) is 24.6 Å². The van der Waals surface area contributed by atoms with Gasteiger partial charge in [-0.25, -0.2) is 0 Å². The van der Waals surface area contributed by atoms with Crippen molar-refractivity contribution in [3.63, 3.8) is 0 Å². The summed E-state index contributed by atoms with van der Waals surface area (Å²) in [5.41, 5.74) is 6.25. The predicted octanol–water partition coefficient (Wildman–Crippen LogP) is 4.42. The van der Waals surface area contributed by atoms with Gasteiger partial charge >= 0.3 is 160 Å². The fourth-order valence-corrected chi connectivity index (χ4v) is 4.52. The Hall–Kier alpha value is -1.67. The molecule has 0 aliphatic heterocycles. The second kappa shape index (κ2) is 8.14. The molecule has 5 heteroatoms. The summed E-state index contributed by atoms with van der Waals surface area (Å²) in [7, 11) is 0. The number of hydrogen-bond donors (Lipinski definition) is 1. The first-order chi connectivity index (χ1) is 12.1. The summed E-state index contributed by atoms with van der Waals surface area (Å²) in [6, 6.07) is 12.8. The number of nitrogens with one attached hydrogen (secondary N) is 1. The van der Waals surface area contributed by atoms with E-state index in [9.17, 15) is 0 Å². The van der Waals surface area contributed by atoms with E-state index in [1.54, 1.807) is 0 Å². The molecule has 1 aromatic carbocycles. The first-order valence-corrected chi connectivity index (χ1v) is 10.0. The number of H-pyrrole nitrogens is 1. The zero-order valence-electron chi connectivity index (χ0n) is 15.2. The number of aromatic nitrogens is 4. The topological polar surface area (TPSA) is 38.5 Å². The summed E-state index contributed by atoms with van der Waals surface area (Å²) >= 11 is 2.46. The monoisotopic (exact) mass is 517 g/mol. The molecule has 2 aromatic heterocycles. The van der Waals surface area contributed by atoms with Crippen molar-refractivity contribution < 1.29 is 19.4 Å². The molecule has 0 unspecified atom stereocenters. The Morgan fingerprint density at radius 1 is 1.00 bits per heavy atom. The molecule has 0 saturated heterocycles. The van der Waals surface area contributed by atoms with Gasteiger partial charge < -0.3 is 0 Å². The number of nitrogens with zero attached hydrogens (tertiary/aromatic N) is 3. The van der Waals surface area contributed by atoms with E-state index in [0.29, 0.717) is 0 Å². The molecule has 2 heterocycles. The van der Waals surface area contributed by atoms with E-state index in [2.05, 4.69) is 95.9 Å². The van der Waals surface area contributed by atoms with E-state index in [-0.39, 0.29) is 0 Å². The molecule has 0 fully saturated rings. The molecule has 0 saturated carbocycles. The van der Waals surface area contributed by atoms with E-state index in [1.807, 2.05) is 0 Å². The predicted molar refractivity (Wildman–Crippen MR) is 97.4 cm³/mol. The van der Waals surface area contributed by atoms with Gasteiger partial charge in [-0.2, -0.15) is 0 Å². The summed E-state index contributed by atoms with van der Waals surface area (Å²) in [6.07, 6.45) is 4.68. The Kier molecular flexibility index (Phi) is 5.90. The van der Waals surface area contributed by atoms with Gasteiger partial charge in [-0.1, -0.05) is 0 Å². The van der Waals surface area contributed by atoms with E-state index in [4.69, 9.17) is 0 Å². The number of unbranched alkanes of at least 4 members (excludes halogenated alkanes) is 2. The second-order valence-corrected chi connectivity index (χ2v) is 7.60. The molecular weight excluding hydrogens is 491 g/mol. The molecule has 0 radical (unpaired) electrons. The van der Waals surface area contributed by atoms with E-state index in [1.165, 1.54) is 45.8 Å². The molecule has 0 bridgehead atoms. The molecule has 0 aliphatic carbocycles. The average Bonchev–Trinajstić information content (AvgIpc) is 3.11. The summed E-state index contributed by atoms with van der Waals surface area (Å²) < 4.78 is 6.08. The van der Waals surface area contributed by atoms with Gasteiger partial charge in [-0.05, 0) is 0 Å². The summed E-state index contributed by atoms with van der Waals surface area (Å²) in [6.45, 7) is 7.56. The molecule has 0 aliphatic rings. The Morgan fingerprint density at radius 3 is 2.44 bits per heavy atom. The van der Waals surface area contributed by atoms with Crippen LogP contribution in [0.25, 0.3) is 5.69 Å². The van der Waals surface area contributed by atoms with Crippen LogP contribution in [-0.2, 0) is 32.3 Å². The number of imidazole rings is 1. The number of para-hydroxylation sites is 1. The number of aryl methyl sites for hydroxylation is 2. The molecule has 0 amide bonds. The van der Waals surface area contributed by atoms with E-state index < -0.39 is 0 Å². The minimum absolute atomic E-state index is 1.06. The van der Waals surface area contributed by atoms with Crippen LogP contribution >= 0.6 is 0 Å². The van der Waals surface area contributed by atoms with Crippen LogP contribution in [-0.4, -0.2) is 19.3 Å². The minimum atomic E-state index is 1.06.